The van der Waals surface area contributed by atoms with E-state index in [9.17, 15) is 19.2 Å². The molecule has 9 heteroatoms. The summed E-state index contributed by atoms with van der Waals surface area (Å²) in [6.07, 6.45) is 3.23. The SMILES string of the molecule is CC(=O)c1cnc2c(c1)CC(=O)CO2.CC(=O)c1cnc2c(c1)N(C)C(=O)CO2. The number of ketones is 3. The molecule has 0 aliphatic carbocycles. The van der Waals surface area contributed by atoms with Crippen LogP contribution in [0.4, 0.5) is 5.69 Å². The van der Waals surface area contributed by atoms with Gasteiger partial charge in [0.2, 0.25) is 11.8 Å². The largest absolute Gasteiger partial charge is 0.469 e. The van der Waals surface area contributed by atoms with Crippen LogP contribution in [0.1, 0.15) is 40.1 Å². The van der Waals surface area contributed by atoms with E-state index >= 15 is 0 Å². The maximum absolute atomic E-state index is 11.3. The zero-order valence-corrected chi connectivity index (χ0v) is 16.2. The van der Waals surface area contributed by atoms with Gasteiger partial charge in [-0.25, -0.2) is 9.97 Å². The van der Waals surface area contributed by atoms with E-state index in [1.165, 1.54) is 31.1 Å². The van der Waals surface area contributed by atoms with Crippen LogP contribution in [0.3, 0.4) is 0 Å². The second-order valence-electron chi connectivity index (χ2n) is 6.59. The van der Waals surface area contributed by atoms with Crippen molar-refractivity contribution in [2.75, 3.05) is 25.2 Å². The molecule has 0 saturated heterocycles. The van der Waals surface area contributed by atoms with Crippen LogP contribution in [0.15, 0.2) is 24.5 Å². The number of Topliss-reactive ketones (excluding diaryl/α,β-unsaturated/α-hetero) is 3. The standard InChI is InChI=1S/C10H10N2O3.C10H9NO3/c1-6(13)7-3-8-10(11-4-7)15-5-9(14)12(8)2;1-6(12)8-2-7-3-9(13)5-14-10(7)11-4-8/h3-4H,5H2,1-2H3;2,4H,3,5H2,1H3. The van der Waals surface area contributed by atoms with Gasteiger partial charge in [-0.05, 0) is 26.0 Å². The zero-order chi connectivity index (χ0) is 21.1. The fraction of sp³-hybridized carbons (Fsp3) is 0.300. The lowest BCUT2D eigenvalue weighted by atomic mass is 10.1. The topological polar surface area (TPSA) is 116 Å². The lowest BCUT2D eigenvalue weighted by molar-refractivity contribution is -0.122. The molecule has 2 aromatic heterocycles. The number of aromatic nitrogens is 2. The van der Waals surface area contributed by atoms with Crippen molar-refractivity contribution < 1.29 is 28.7 Å². The predicted octanol–water partition coefficient (Wildman–Crippen LogP) is 1.43. The van der Waals surface area contributed by atoms with Crippen LogP contribution in [0.2, 0.25) is 0 Å². The van der Waals surface area contributed by atoms with E-state index in [2.05, 4.69) is 9.97 Å². The number of pyridine rings is 2. The molecule has 29 heavy (non-hydrogen) atoms. The molecular weight excluding hydrogens is 378 g/mol. The highest BCUT2D eigenvalue weighted by Gasteiger charge is 2.24. The summed E-state index contributed by atoms with van der Waals surface area (Å²) in [7, 11) is 1.63. The first-order chi connectivity index (χ1) is 13.8. The predicted molar refractivity (Wildman–Crippen MR) is 102 cm³/mol. The van der Waals surface area contributed by atoms with Crippen LogP contribution in [0, 0.1) is 0 Å². The molecule has 2 aliphatic heterocycles. The Hall–Kier alpha value is -3.62. The van der Waals surface area contributed by atoms with E-state index in [1.807, 2.05) is 0 Å². The summed E-state index contributed by atoms with van der Waals surface area (Å²) in [6, 6.07) is 3.28. The Bertz CT molecular complexity index is 1020. The Labute approximate surface area is 166 Å². The van der Waals surface area contributed by atoms with Crippen molar-refractivity contribution in [3.05, 3.63) is 41.2 Å². The number of carbonyl (C=O) groups is 4. The highest BCUT2D eigenvalue weighted by atomic mass is 16.5. The zero-order valence-electron chi connectivity index (χ0n) is 16.2. The Morgan fingerprint density at radius 3 is 2.17 bits per heavy atom. The van der Waals surface area contributed by atoms with Crippen molar-refractivity contribution in [1.29, 1.82) is 0 Å². The molecule has 4 rings (SSSR count). The van der Waals surface area contributed by atoms with Crippen molar-refractivity contribution in [3.8, 4) is 11.8 Å². The first-order valence-electron chi connectivity index (χ1n) is 8.81. The molecular formula is C20H19N3O6. The molecule has 0 aromatic carbocycles. The van der Waals surface area contributed by atoms with Gasteiger partial charge in [-0.2, -0.15) is 0 Å². The molecule has 0 radical (unpaired) electrons. The number of hydrogen-bond acceptors (Lipinski definition) is 8. The van der Waals surface area contributed by atoms with E-state index in [0.717, 1.165) is 0 Å². The average Bonchev–Trinajstić information content (AvgIpc) is 2.70. The van der Waals surface area contributed by atoms with Gasteiger partial charge in [0.05, 0.1) is 0 Å². The number of hydrogen-bond donors (Lipinski definition) is 0. The van der Waals surface area contributed by atoms with Gasteiger partial charge in [0.15, 0.2) is 24.0 Å². The summed E-state index contributed by atoms with van der Waals surface area (Å²) in [4.78, 5) is 54.0. The van der Waals surface area contributed by atoms with Gasteiger partial charge in [-0.15, -0.1) is 0 Å². The Morgan fingerprint density at radius 2 is 1.52 bits per heavy atom. The number of ether oxygens (including phenoxy) is 2. The van der Waals surface area contributed by atoms with Crippen LogP contribution in [-0.2, 0) is 16.0 Å². The minimum Gasteiger partial charge on any atom is -0.469 e. The van der Waals surface area contributed by atoms with Gasteiger partial charge in [0.25, 0.3) is 5.91 Å². The minimum atomic E-state index is -0.148. The molecule has 0 saturated carbocycles. The highest BCUT2D eigenvalue weighted by Crippen LogP contribution is 2.29. The van der Waals surface area contributed by atoms with E-state index < -0.39 is 0 Å². The quantitative estimate of drug-likeness (QED) is 0.699. The fourth-order valence-corrected chi connectivity index (χ4v) is 2.71. The Morgan fingerprint density at radius 1 is 0.931 bits per heavy atom. The third kappa shape index (κ3) is 4.45. The van der Waals surface area contributed by atoms with Crippen LogP contribution in [-0.4, -0.2) is 53.5 Å². The second-order valence-corrected chi connectivity index (χ2v) is 6.59. The summed E-state index contributed by atoms with van der Waals surface area (Å²) < 4.78 is 10.2. The van der Waals surface area contributed by atoms with Gasteiger partial charge in [0, 0.05) is 42.6 Å². The van der Waals surface area contributed by atoms with Gasteiger partial charge in [-0.1, -0.05) is 0 Å². The van der Waals surface area contributed by atoms with E-state index in [4.69, 9.17) is 9.47 Å². The third-order valence-electron chi connectivity index (χ3n) is 4.40. The number of fused-ring (bicyclic) bond motifs is 2. The molecule has 150 valence electrons. The van der Waals surface area contributed by atoms with E-state index in [0.29, 0.717) is 40.6 Å². The molecule has 2 aromatic rings. The van der Waals surface area contributed by atoms with Crippen molar-refractivity contribution in [2.24, 2.45) is 0 Å². The molecule has 0 bridgehead atoms. The molecule has 0 fully saturated rings. The number of nitrogens with zero attached hydrogens (tertiary/aromatic N) is 3. The van der Waals surface area contributed by atoms with Crippen LogP contribution in [0.25, 0.3) is 0 Å². The summed E-state index contributed by atoms with van der Waals surface area (Å²) in [5, 5.41) is 0. The molecule has 2 aliphatic rings. The van der Waals surface area contributed by atoms with Crippen molar-refractivity contribution >= 4 is 28.9 Å². The first-order valence-corrected chi connectivity index (χ1v) is 8.81. The number of carbonyl (C=O) groups excluding carboxylic acids is 4. The summed E-state index contributed by atoms with van der Waals surface area (Å²) in [6.45, 7) is 3.00. The second kappa shape index (κ2) is 8.17. The molecule has 0 atom stereocenters. The van der Waals surface area contributed by atoms with Crippen LogP contribution < -0.4 is 14.4 Å². The third-order valence-corrected chi connectivity index (χ3v) is 4.40. The minimum absolute atomic E-state index is 0.00405. The molecule has 0 unspecified atom stereocenters. The summed E-state index contributed by atoms with van der Waals surface area (Å²) in [5.41, 5.74) is 2.23. The number of amides is 1. The normalized spacial score (nSPS) is 14.5. The van der Waals surface area contributed by atoms with Gasteiger partial charge in [-0.3, -0.25) is 19.2 Å². The van der Waals surface area contributed by atoms with Gasteiger partial charge >= 0.3 is 0 Å². The van der Waals surface area contributed by atoms with Crippen molar-refractivity contribution in [3.63, 3.8) is 0 Å². The molecule has 0 N–H and O–H groups in total. The van der Waals surface area contributed by atoms with E-state index in [-0.39, 0.29) is 36.5 Å². The molecule has 0 spiro atoms. The van der Waals surface area contributed by atoms with Crippen LogP contribution >= 0.6 is 0 Å². The average molecular weight is 397 g/mol. The fourth-order valence-electron chi connectivity index (χ4n) is 2.71. The Balaban J connectivity index is 0.000000166. The Kier molecular flexibility index (Phi) is 5.67. The van der Waals surface area contributed by atoms with Crippen molar-refractivity contribution in [1.82, 2.24) is 9.97 Å². The summed E-state index contributed by atoms with van der Waals surface area (Å²) in [5.74, 6) is 0.580. The summed E-state index contributed by atoms with van der Waals surface area (Å²) >= 11 is 0. The number of likely N-dealkylation sites (N-methyl/N-ethyl adjacent to an activating group) is 1. The maximum Gasteiger partial charge on any atom is 0.264 e. The highest BCUT2D eigenvalue weighted by molar-refractivity contribution is 6.00. The number of rotatable bonds is 2. The van der Waals surface area contributed by atoms with Gasteiger partial charge in [0.1, 0.15) is 12.3 Å². The van der Waals surface area contributed by atoms with E-state index in [1.54, 1.807) is 19.2 Å². The smallest absolute Gasteiger partial charge is 0.264 e. The maximum atomic E-state index is 11.3. The molecule has 4 heterocycles. The monoisotopic (exact) mass is 397 g/mol. The van der Waals surface area contributed by atoms with Crippen molar-refractivity contribution in [2.45, 2.75) is 20.3 Å². The molecule has 9 nitrogen and oxygen atoms in total. The van der Waals surface area contributed by atoms with Gasteiger partial charge < -0.3 is 14.4 Å². The lowest BCUT2D eigenvalue weighted by Gasteiger charge is -2.24. The number of anilines is 1. The van der Waals surface area contributed by atoms with Crippen LogP contribution in [0.5, 0.6) is 11.8 Å². The first kappa shape index (κ1) is 20.1. The lowest BCUT2D eigenvalue weighted by Crippen LogP contribution is -2.36. The molecule has 1 amide bonds.